The number of para-hydroxylation sites is 1. The van der Waals surface area contributed by atoms with Crippen molar-refractivity contribution in [3.8, 4) is 0 Å². The minimum atomic E-state index is -0.551. The number of hydrogen-bond donors (Lipinski definition) is 1. The van der Waals surface area contributed by atoms with Gasteiger partial charge in [-0.1, -0.05) is 54.1 Å². The molecule has 0 saturated heterocycles. The van der Waals surface area contributed by atoms with Gasteiger partial charge in [-0.15, -0.1) is 0 Å². The number of hydrogen-bond acceptors (Lipinski definition) is 5. The summed E-state index contributed by atoms with van der Waals surface area (Å²) in [6.45, 7) is 0.580. The Morgan fingerprint density at radius 3 is 2.60 bits per heavy atom. The van der Waals surface area contributed by atoms with Gasteiger partial charge in [0.2, 0.25) is 5.91 Å². The summed E-state index contributed by atoms with van der Waals surface area (Å²) in [5.74, 6) is -0.358. The van der Waals surface area contributed by atoms with Gasteiger partial charge in [0.05, 0.1) is 23.0 Å². The molecule has 2 aromatic heterocycles. The van der Waals surface area contributed by atoms with Crippen molar-refractivity contribution in [3.63, 3.8) is 0 Å². The third kappa shape index (κ3) is 4.88. The summed E-state index contributed by atoms with van der Waals surface area (Å²) in [6.07, 6.45) is 0.0574. The fourth-order valence-electron chi connectivity index (χ4n) is 4.04. The van der Waals surface area contributed by atoms with Crippen LogP contribution in [0.2, 0.25) is 5.02 Å². The molecule has 0 bridgehead atoms. The van der Waals surface area contributed by atoms with Gasteiger partial charge in [-0.2, -0.15) is 0 Å². The maximum Gasteiger partial charge on any atom is 0.419 e. The number of nitrogens with zero attached hydrogens (tertiary/aromatic N) is 3. The number of fused-ring (bicyclic) bond motifs is 2. The maximum absolute atomic E-state index is 13.3. The molecule has 5 aromatic rings. The number of H-pyrrole nitrogens is 1. The molecule has 0 atom stereocenters. The van der Waals surface area contributed by atoms with E-state index in [-0.39, 0.29) is 31.0 Å². The second kappa shape index (κ2) is 9.60. The molecule has 0 aliphatic carbocycles. The van der Waals surface area contributed by atoms with Crippen molar-refractivity contribution in [1.82, 2.24) is 19.4 Å². The highest BCUT2D eigenvalue weighted by Crippen LogP contribution is 2.19. The highest BCUT2D eigenvalue weighted by molar-refractivity contribution is 6.31. The van der Waals surface area contributed by atoms with Crippen LogP contribution in [0.25, 0.3) is 22.0 Å². The number of benzene rings is 3. The normalized spacial score (nSPS) is 11.2. The number of aromatic nitrogens is 3. The first-order chi connectivity index (χ1) is 17.0. The zero-order valence-corrected chi connectivity index (χ0v) is 19.4. The lowest BCUT2D eigenvalue weighted by Crippen LogP contribution is -2.33. The van der Waals surface area contributed by atoms with Crippen molar-refractivity contribution in [3.05, 3.63) is 110 Å². The average Bonchev–Trinajstić information content (AvgIpc) is 3.16. The minimum absolute atomic E-state index is 0.0574. The minimum Gasteiger partial charge on any atom is -0.408 e. The van der Waals surface area contributed by atoms with Gasteiger partial charge in [0.1, 0.15) is 5.82 Å². The van der Waals surface area contributed by atoms with Gasteiger partial charge in [0, 0.05) is 30.6 Å². The molecular weight excluding hydrogens is 468 g/mol. The second-order valence-corrected chi connectivity index (χ2v) is 8.58. The van der Waals surface area contributed by atoms with Gasteiger partial charge in [-0.25, -0.2) is 9.78 Å². The Hall–Kier alpha value is -4.17. The SMILES string of the molecule is O=C(CCn1c(=O)oc2cc(Cl)ccc21)N(Cc1ccccc1)Cc1nc2ccccc2c(=O)[nH]1. The third-order valence-corrected chi connectivity index (χ3v) is 5.99. The molecule has 0 aliphatic heterocycles. The lowest BCUT2D eigenvalue weighted by molar-refractivity contribution is -0.132. The van der Waals surface area contributed by atoms with Gasteiger partial charge >= 0.3 is 5.76 Å². The number of carbonyl (C=O) groups excluding carboxylic acids is 1. The number of rotatable bonds is 7. The first-order valence-electron chi connectivity index (χ1n) is 11.1. The van der Waals surface area contributed by atoms with Gasteiger partial charge < -0.3 is 14.3 Å². The van der Waals surface area contributed by atoms with Gasteiger partial charge in [-0.3, -0.25) is 14.2 Å². The van der Waals surface area contributed by atoms with Crippen molar-refractivity contribution < 1.29 is 9.21 Å². The van der Waals surface area contributed by atoms with Crippen LogP contribution in [0, 0.1) is 0 Å². The number of aryl methyl sites for hydroxylation is 1. The van der Waals surface area contributed by atoms with E-state index in [2.05, 4.69) is 9.97 Å². The summed E-state index contributed by atoms with van der Waals surface area (Å²) in [5.41, 5.74) is 2.18. The molecule has 2 heterocycles. The third-order valence-electron chi connectivity index (χ3n) is 5.75. The van der Waals surface area contributed by atoms with E-state index in [0.29, 0.717) is 39.4 Å². The molecule has 0 radical (unpaired) electrons. The summed E-state index contributed by atoms with van der Waals surface area (Å²) in [7, 11) is 0. The molecule has 1 N–H and O–H groups in total. The van der Waals surface area contributed by atoms with Gasteiger partial charge in [0.15, 0.2) is 5.58 Å². The molecular formula is C26H21ClN4O4. The van der Waals surface area contributed by atoms with E-state index in [1.54, 1.807) is 41.3 Å². The van der Waals surface area contributed by atoms with Crippen LogP contribution >= 0.6 is 11.6 Å². The summed E-state index contributed by atoms with van der Waals surface area (Å²) in [5, 5.41) is 0.948. The number of nitrogens with one attached hydrogen (secondary N) is 1. The predicted octanol–water partition coefficient (Wildman–Crippen LogP) is 4.10. The van der Waals surface area contributed by atoms with Crippen LogP contribution in [0.5, 0.6) is 0 Å². The molecule has 5 rings (SSSR count). The number of aromatic amines is 1. The number of oxazole rings is 1. The number of amides is 1. The van der Waals surface area contributed by atoms with Crippen LogP contribution in [-0.4, -0.2) is 25.3 Å². The largest absolute Gasteiger partial charge is 0.419 e. The van der Waals surface area contributed by atoms with Gasteiger partial charge in [-0.05, 0) is 29.8 Å². The van der Waals surface area contributed by atoms with Gasteiger partial charge in [0.25, 0.3) is 5.56 Å². The average molecular weight is 489 g/mol. The molecule has 1 amide bonds. The van der Waals surface area contributed by atoms with Crippen molar-refractivity contribution in [2.45, 2.75) is 26.1 Å². The number of carbonyl (C=O) groups is 1. The van der Waals surface area contributed by atoms with Crippen LogP contribution in [-0.2, 0) is 24.4 Å². The van der Waals surface area contributed by atoms with E-state index in [1.807, 2.05) is 36.4 Å². The Labute approximate surface area is 204 Å². The monoisotopic (exact) mass is 488 g/mol. The van der Waals surface area contributed by atoms with Crippen molar-refractivity contribution in [2.75, 3.05) is 0 Å². The lowest BCUT2D eigenvalue weighted by Gasteiger charge is -2.22. The van der Waals surface area contributed by atoms with Crippen LogP contribution in [0.15, 0.2) is 86.8 Å². The molecule has 3 aromatic carbocycles. The van der Waals surface area contributed by atoms with Crippen LogP contribution in [0.1, 0.15) is 17.8 Å². The number of halogens is 1. The Kier molecular flexibility index (Phi) is 6.20. The standard InChI is InChI=1S/C26H21ClN4O4/c27-18-10-11-21-22(14-18)35-26(34)31(21)13-12-24(32)30(15-17-6-2-1-3-7-17)16-23-28-20-9-5-4-8-19(20)25(33)29-23/h1-11,14H,12-13,15-16H2,(H,28,29,33). The summed E-state index contributed by atoms with van der Waals surface area (Å²) in [6, 6.07) is 21.5. The van der Waals surface area contributed by atoms with E-state index in [9.17, 15) is 14.4 Å². The molecule has 9 heteroatoms. The van der Waals surface area contributed by atoms with E-state index in [0.717, 1.165) is 5.56 Å². The fraction of sp³-hybridized carbons (Fsp3) is 0.154. The second-order valence-electron chi connectivity index (χ2n) is 8.15. The molecule has 0 spiro atoms. The van der Waals surface area contributed by atoms with Crippen LogP contribution in [0.4, 0.5) is 0 Å². The lowest BCUT2D eigenvalue weighted by atomic mass is 10.2. The Morgan fingerprint density at radius 1 is 1.00 bits per heavy atom. The van der Waals surface area contributed by atoms with Crippen molar-refractivity contribution >= 4 is 39.5 Å². The summed E-state index contributed by atoms with van der Waals surface area (Å²) in [4.78, 5) is 47.2. The van der Waals surface area contributed by atoms with E-state index >= 15 is 0 Å². The molecule has 0 aliphatic rings. The molecule has 0 fully saturated rings. The first-order valence-corrected chi connectivity index (χ1v) is 11.4. The topological polar surface area (TPSA) is 101 Å². The smallest absolute Gasteiger partial charge is 0.408 e. The highest BCUT2D eigenvalue weighted by Gasteiger charge is 2.18. The first kappa shape index (κ1) is 22.6. The van der Waals surface area contributed by atoms with E-state index in [4.69, 9.17) is 16.0 Å². The fourth-order valence-corrected chi connectivity index (χ4v) is 4.21. The molecule has 176 valence electrons. The Morgan fingerprint density at radius 2 is 1.77 bits per heavy atom. The Balaban J connectivity index is 1.41. The zero-order valence-electron chi connectivity index (χ0n) is 18.6. The van der Waals surface area contributed by atoms with Crippen molar-refractivity contribution in [1.29, 1.82) is 0 Å². The summed E-state index contributed by atoms with van der Waals surface area (Å²) < 4.78 is 6.68. The van der Waals surface area contributed by atoms with Crippen molar-refractivity contribution in [2.24, 2.45) is 0 Å². The van der Waals surface area contributed by atoms with Crippen LogP contribution < -0.4 is 11.3 Å². The highest BCUT2D eigenvalue weighted by atomic mass is 35.5. The van der Waals surface area contributed by atoms with E-state index < -0.39 is 5.76 Å². The summed E-state index contributed by atoms with van der Waals surface area (Å²) >= 11 is 5.99. The van der Waals surface area contributed by atoms with Crippen LogP contribution in [0.3, 0.4) is 0 Å². The zero-order chi connectivity index (χ0) is 24.4. The molecule has 0 saturated carbocycles. The molecule has 8 nitrogen and oxygen atoms in total. The quantitative estimate of drug-likeness (QED) is 0.371. The maximum atomic E-state index is 13.3. The Bertz CT molecular complexity index is 1640. The molecule has 35 heavy (non-hydrogen) atoms. The molecule has 0 unspecified atom stereocenters. The van der Waals surface area contributed by atoms with E-state index in [1.165, 1.54) is 4.57 Å². The predicted molar refractivity (Wildman–Crippen MR) is 133 cm³/mol.